The van der Waals surface area contributed by atoms with E-state index in [4.69, 9.17) is 10.5 Å². The van der Waals surface area contributed by atoms with E-state index in [1.807, 2.05) is 6.07 Å². The highest BCUT2D eigenvalue weighted by molar-refractivity contribution is 6.00. The van der Waals surface area contributed by atoms with Crippen molar-refractivity contribution in [2.75, 3.05) is 32.0 Å². The molecule has 1 fully saturated rings. The molecule has 0 aromatic heterocycles. The summed E-state index contributed by atoms with van der Waals surface area (Å²) in [6.07, 6.45) is 4.93. The predicted octanol–water partition coefficient (Wildman–Crippen LogP) is 6.69. The molecule has 5 rings (SSSR count). The number of halogens is 1. The fourth-order valence-electron chi connectivity index (χ4n) is 5.59. The van der Waals surface area contributed by atoms with Crippen LogP contribution in [0.5, 0.6) is 5.75 Å². The second-order valence-electron chi connectivity index (χ2n) is 9.83. The molecule has 0 saturated carbocycles. The lowest BCUT2D eigenvalue weighted by atomic mass is 9.86. The van der Waals surface area contributed by atoms with Crippen LogP contribution in [-0.2, 0) is 6.42 Å². The number of likely N-dealkylation sites (tertiary alicyclic amines) is 1. The lowest BCUT2D eigenvalue weighted by Crippen LogP contribution is -2.26. The molecule has 1 aliphatic carbocycles. The molecule has 35 heavy (non-hydrogen) atoms. The number of ether oxygens (including phenoxy) is 1. The number of allylic oxidation sites excluding steroid dienone is 1. The zero-order chi connectivity index (χ0) is 24.2. The maximum absolute atomic E-state index is 12.5. The highest BCUT2D eigenvalue weighted by Crippen LogP contribution is 2.41. The molecule has 1 atom stereocenters. The number of alkyl halides is 1. The number of aryl methyl sites for hydroxylation is 2. The van der Waals surface area contributed by atoms with Gasteiger partial charge in [0.1, 0.15) is 11.9 Å². The van der Waals surface area contributed by atoms with Crippen molar-refractivity contribution in [2.24, 2.45) is 0 Å². The molecule has 3 nitrogen and oxygen atoms in total. The summed E-state index contributed by atoms with van der Waals surface area (Å²) in [4.78, 5) is 2.30. The number of benzene rings is 3. The van der Waals surface area contributed by atoms with Crippen molar-refractivity contribution >= 4 is 16.8 Å². The zero-order valence-electron chi connectivity index (χ0n) is 20.6. The zero-order valence-corrected chi connectivity index (χ0v) is 20.6. The van der Waals surface area contributed by atoms with E-state index in [-0.39, 0.29) is 12.8 Å². The number of hydrogen-bond acceptors (Lipinski definition) is 3. The first-order valence-electron chi connectivity index (χ1n) is 12.9. The number of rotatable bonds is 7. The van der Waals surface area contributed by atoms with Crippen molar-refractivity contribution in [3.8, 4) is 5.75 Å². The average Bonchev–Trinajstić information content (AvgIpc) is 3.22. The van der Waals surface area contributed by atoms with Gasteiger partial charge in [0.05, 0.1) is 6.67 Å². The van der Waals surface area contributed by atoms with Gasteiger partial charge in [-0.3, -0.25) is 9.29 Å². The van der Waals surface area contributed by atoms with Gasteiger partial charge in [-0.05, 0) is 102 Å². The summed E-state index contributed by atoms with van der Waals surface area (Å²) in [5.74, 6) is 0.898. The summed E-state index contributed by atoms with van der Waals surface area (Å²) in [5, 5.41) is 0. The van der Waals surface area contributed by atoms with Gasteiger partial charge in [0.15, 0.2) is 0 Å². The van der Waals surface area contributed by atoms with Gasteiger partial charge in [-0.2, -0.15) is 0 Å². The molecular weight excluding hydrogens is 435 g/mol. The molecule has 0 amide bonds. The molecule has 0 bridgehead atoms. The highest BCUT2D eigenvalue weighted by Gasteiger charge is 2.24. The quantitative estimate of drug-likeness (QED) is 0.391. The van der Waals surface area contributed by atoms with Crippen molar-refractivity contribution in [1.82, 2.24) is 4.90 Å². The molecule has 0 unspecified atom stereocenters. The number of nitrogen functional groups attached to an aromatic ring is 1. The average molecular weight is 471 g/mol. The number of hydrogen-bond donors (Lipinski definition) is 1. The monoisotopic (exact) mass is 470 g/mol. The summed E-state index contributed by atoms with van der Waals surface area (Å²) in [7, 11) is 0. The van der Waals surface area contributed by atoms with E-state index >= 15 is 0 Å². The summed E-state index contributed by atoms with van der Waals surface area (Å²) >= 11 is 0. The third-order valence-electron chi connectivity index (χ3n) is 7.33. The molecule has 0 spiro atoms. The van der Waals surface area contributed by atoms with Crippen LogP contribution in [0.25, 0.3) is 11.1 Å². The number of fused-ring (bicyclic) bond motifs is 1. The van der Waals surface area contributed by atoms with Gasteiger partial charge in [0.25, 0.3) is 0 Å². The van der Waals surface area contributed by atoms with Crippen LogP contribution >= 0.6 is 0 Å². The molecule has 1 saturated heterocycles. The van der Waals surface area contributed by atoms with Gasteiger partial charge in [-0.25, -0.2) is 0 Å². The van der Waals surface area contributed by atoms with Gasteiger partial charge in [-0.15, -0.1) is 0 Å². The van der Waals surface area contributed by atoms with E-state index in [2.05, 4.69) is 72.5 Å². The van der Waals surface area contributed by atoms with Crippen LogP contribution in [0.15, 0.2) is 66.7 Å². The first-order chi connectivity index (χ1) is 17.1. The molecule has 1 aliphatic heterocycles. The van der Waals surface area contributed by atoms with Crippen LogP contribution in [0.4, 0.5) is 10.1 Å². The number of nitrogens with zero attached hydrogens (tertiary/aromatic N) is 1. The second-order valence-corrected chi connectivity index (χ2v) is 9.83. The molecule has 0 radical (unpaired) electrons. The normalized spacial score (nSPS) is 18.4. The summed E-state index contributed by atoms with van der Waals surface area (Å²) < 4.78 is 18.8. The Morgan fingerprint density at radius 3 is 2.63 bits per heavy atom. The maximum Gasteiger partial charge on any atom is 0.119 e. The molecule has 4 heteroatoms. The van der Waals surface area contributed by atoms with Crippen molar-refractivity contribution in [1.29, 1.82) is 0 Å². The van der Waals surface area contributed by atoms with E-state index in [0.29, 0.717) is 6.42 Å². The van der Waals surface area contributed by atoms with Gasteiger partial charge in [0, 0.05) is 25.3 Å². The van der Waals surface area contributed by atoms with Crippen LogP contribution in [0.1, 0.15) is 53.5 Å². The van der Waals surface area contributed by atoms with E-state index in [0.717, 1.165) is 56.8 Å². The molecule has 3 aromatic carbocycles. The molecule has 182 valence electrons. The fourth-order valence-corrected chi connectivity index (χ4v) is 5.59. The van der Waals surface area contributed by atoms with E-state index in [9.17, 15) is 4.39 Å². The summed E-state index contributed by atoms with van der Waals surface area (Å²) in [6.45, 7) is 4.62. The van der Waals surface area contributed by atoms with E-state index in [1.54, 1.807) is 0 Å². The highest BCUT2D eigenvalue weighted by atomic mass is 19.1. The SMILES string of the molecule is Cc1ccccc1C1=C(c2ccc(O[C@H]3CCN(CCCF)C3)cc2)c2ccc(N)cc2CCC1. The Hall–Kier alpha value is -3.11. The summed E-state index contributed by atoms with van der Waals surface area (Å²) in [6, 6.07) is 23.6. The smallest absolute Gasteiger partial charge is 0.119 e. The molecule has 2 N–H and O–H groups in total. The van der Waals surface area contributed by atoms with Crippen molar-refractivity contribution in [2.45, 2.75) is 45.1 Å². The van der Waals surface area contributed by atoms with Crippen LogP contribution in [0, 0.1) is 6.92 Å². The molecular formula is C31H35FN2O. The van der Waals surface area contributed by atoms with E-state index < -0.39 is 0 Å². The third-order valence-corrected chi connectivity index (χ3v) is 7.33. The number of nitrogens with two attached hydrogens (primary N) is 1. The topological polar surface area (TPSA) is 38.5 Å². The second kappa shape index (κ2) is 10.7. The molecule has 3 aromatic rings. The first-order valence-corrected chi connectivity index (χ1v) is 12.9. The Bertz CT molecular complexity index is 1200. The van der Waals surface area contributed by atoms with Gasteiger partial charge in [-0.1, -0.05) is 42.5 Å². The predicted molar refractivity (Wildman–Crippen MR) is 143 cm³/mol. The molecule has 2 aliphatic rings. The minimum atomic E-state index is -0.250. The Kier molecular flexibility index (Phi) is 7.19. The lowest BCUT2D eigenvalue weighted by molar-refractivity contribution is 0.198. The first kappa shape index (κ1) is 23.6. The minimum Gasteiger partial charge on any atom is -0.489 e. The van der Waals surface area contributed by atoms with Crippen molar-refractivity contribution in [3.63, 3.8) is 0 Å². The van der Waals surface area contributed by atoms with Gasteiger partial charge >= 0.3 is 0 Å². The standard InChI is InChI=1S/C31H35FN2O/c1-22-6-2-3-8-28(22)30-9-4-7-24-20-25(33)12-15-29(24)31(30)23-10-13-26(14-11-23)35-27-16-19-34(21-27)18-5-17-32/h2-3,6,8,10-15,20,27H,4-5,7,9,16-19,21,33H2,1H3/t27-/m0/s1. The van der Waals surface area contributed by atoms with Crippen molar-refractivity contribution < 1.29 is 9.13 Å². The molecule has 1 heterocycles. The maximum atomic E-state index is 12.5. The Morgan fingerprint density at radius 2 is 1.83 bits per heavy atom. The van der Waals surface area contributed by atoms with Gasteiger partial charge < -0.3 is 10.5 Å². The van der Waals surface area contributed by atoms with Crippen molar-refractivity contribution in [3.05, 3.63) is 94.5 Å². The van der Waals surface area contributed by atoms with Crippen LogP contribution in [0.3, 0.4) is 0 Å². The summed E-state index contributed by atoms with van der Waals surface area (Å²) in [5.41, 5.74) is 16.1. The van der Waals surface area contributed by atoms with Crippen LogP contribution in [0.2, 0.25) is 0 Å². The minimum absolute atomic E-state index is 0.170. The Labute approximate surface area is 208 Å². The Balaban J connectivity index is 1.47. The largest absolute Gasteiger partial charge is 0.489 e. The van der Waals surface area contributed by atoms with Gasteiger partial charge in [0.2, 0.25) is 0 Å². The van der Waals surface area contributed by atoms with Crippen LogP contribution < -0.4 is 10.5 Å². The third kappa shape index (κ3) is 5.28. The van der Waals surface area contributed by atoms with Crippen LogP contribution in [-0.4, -0.2) is 37.3 Å². The Morgan fingerprint density at radius 1 is 1.00 bits per heavy atom. The van der Waals surface area contributed by atoms with E-state index in [1.165, 1.54) is 39.0 Å². The lowest BCUT2D eigenvalue weighted by Gasteiger charge is -2.19. The fraction of sp³-hybridized carbons (Fsp3) is 0.355. The number of anilines is 1.